The summed E-state index contributed by atoms with van der Waals surface area (Å²) >= 11 is 1.33. The molecule has 2 amide bonds. The van der Waals surface area contributed by atoms with Gasteiger partial charge in [-0.05, 0) is 37.5 Å². The van der Waals surface area contributed by atoms with Crippen LogP contribution >= 0.6 is 11.3 Å². The van der Waals surface area contributed by atoms with Crippen molar-refractivity contribution in [3.05, 3.63) is 51.7 Å². The van der Waals surface area contributed by atoms with Crippen molar-refractivity contribution in [3.63, 3.8) is 0 Å². The van der Waals surface area contributed by atoms with Crippen LogP contribution in [0, 0.1) is 5.92 Å². The smallest absolute Gasteiger partial charge is 0.405 e. The van der Waals surface area contributed by atoms with Crippen LogP contribution in [0.1, 0.15) is 39.4 Å². The van der Waals surface area contributed by atoms with E-state index in [0.29, 0.717) is 44.0 Å². The summed E-state index contributed by atoms with van der Waals surface area (Å²) < 4.78 is 41.8. The Morgan fingerprint density at radius 3 is 2.51 bits per heavy atom. The summed E-state index contributed by atoms with van der Waals surface area (Å²) in [5, 5.41) is 12.7. The molecule has 0 bridgehead atoms. The maximum Gasteiger partial charge on any atom is 0.573 e. The molecular weight excluding hydrogens is 483 g/mol. The van der Waals surface area contributed by atoms with E-state index in [4.69, 9.17) is 0 Å². The highest BCUT2D eigenvalue weighted by Gasteiger charge is 2.35. The minimum absolute atomic E-state index is 0.0481. The van der Waals surface area contributed by atoms with Crippen LogP contribution in [0.4, 0.5) is 13.2 Å². The summed E-state index contributed by atoms with van der Waals surface area (Å²) in [5.41, 5.74) is 0.229. The first kappa shape index (κ1) is 25.5. The Balaban J connectivity index is 1.25. The van der Waals surface area contributed by atoms with E-state index in [1.807, 2.05) is 11.0 Å². The summed E-state index contributed by atoms with van der Waals surface area (Å²) in [6.45, 7) is 3.20. The van der Waals surface area contributed by atoms with Gasteiger partial charge in [0.25, 0.3) is 5.91 Å². The molecule has 1 aromatic heterocycles. The molecule has 1 aromatic carbocycles. The highest BCUT2D eigenvalue weighted by Crippen LogP contribution is 2.28. The molecule has 2 aliphatic rings. The number of benzene rings is 1. The van der Waals surface area contributed by atoms with Crippen LogP contribution in [0.3, 0.4) is 0 Å². The molecule has 190 valence electrons. The van der Waals surface area contributed by atoms with Gasteiger partial charge in [-0.2, -0.15) is 0 Å². The van der Waals surface area contributed by atoms with Gasteiger partial charge in [-0.1, -0.05) is 18.2 Å². The topological polar surface area (TPSA) is 82.1 Å². The molecule has 1 saturated heterocycles. The second-order valence-electron chi connectivity index (χ2n) is 8.81. The molecule has 0 unspecified atom stereocenters. The van der Waals surface area contributed by atoms with Gasteiger partial charge in [0.1, 0.15) is 5.75 Å². The largest absolute Gasteiger partial charge is 0.573 e. The quantitative estimate of drug-likeness (QED) is 0.596. The minimum atomic E-state index is -4.81. The van der Waals surface area contributed by atoms with Crippen molar-refractivity contribution >= 4 is 23.2 Å². The average Bonchev–Trinajstić information content (AvgIpc) is 3.46. The highest BCUT2D eigenvalue weighted by molar-refractivity contribution is 7.14. The molecule has 2 fully saturated rings. The molecule has 1 aliphatic carbocycles. The molecule has 1 aliphatic heterocycles. The first-order valence-corrected chi connectivity index (χ1v) is 12.4. The molecule has 4 rings (SSSR count). The van der Waals surface area contributed by atoms with Crippen molar-refractivity contribution in [1.29, 1.82) is 0 Å². The van der Waals surface area contributed by atoms with Crippen LogP contribution < -0.4 is 10.1 Å². The third kappa shape index (κ3) is 6.74. The van der Waals surface area contributed by atoms with Crippen LogP contribution in [0.25, 0.3) is 0 Å². The van der Waals surface area contributed by atoms with Crippen molar-refractivity contribution < 1.29 is 32.6 Å². The number of hydrogen-bond acceptors (Lipinski definition) is 6. The van der Waals surface area contributed by atoms with Gasteiger partial charge >= 0.3 is 6.36 Å². The lowest BCUT2D eigenvalue weighted by Crippen LogP contribution is -2.50. The van der Waals surface area contributed by atoms with E-state index in [-0.39, 0.29) is 35.6 Å². The molecule has 2 aromatic rings. The van der Waals surface area contributed by atoms with E-state index in [1.54, 1.807) is 12.1 Å². The summed E-state index contributed by atoms with van der Waals surface area (Å²) in [6, 6.07) is 9.27. The van der Waals surface area contributed by atoms with Crippen molar-refractivity contribution in [1.82, 2.24) is 15.1 Å². The highest BCUT2D eigenvalue weighted by atomic mass is 32.1. The average molecular weight is 512 g/mol. The summed E-state index contributed by atoms with van der Waals surface area (Å²) in [4.78, 5) is 30.7. The van der Waals surface area contributed by atoms with Crippen LogP contribution in [0.5, 0.6) is 5.75 Å². The Kier molecular flexibility index (Phi) is 7.98. The predicted octanol–water partition coefficient (Wildman–Crippen LogP) is 3.38. The van der Waals surface area contributed by atoms with Gasteiger partial charge < -0.3 is 20.1 Å². The van der Waals surface area contributed by atoms with E-state index in [0.717, 1.165) is 17.7 Å². The fourth-order valence-electron chi connectivity index (χ4n) is 4.53. The number of thiophene rings is 1. The van der Waals surface area contributed by atoms with E-state index in [9.17, 15) is 27.9 Å². The Bertz CT molecular complexity index is 1040. The number of carbonyl (C=O) groups is 2. The normalized spacial score (nSPS) is 21.2. The fraction of sp³-hybridized carbons (Fsp3) is 0.500. The van der Waals surface area contributed by atoms with Gasteiger partial charge in [0, 0.05) is 49.7 Å². The van der Waals surface area contributed by atoms with Gasteiger partial charge in [0.2, 0.25) is 5.91 Å². The Hall–Kier alpha value is -2.63. The van der Waals surface area contributed by atoms with Gasteiger partial charge in [-0.25, -0.2) is 0 Å². The van der Waals surface area contributed by atoms with Crippen molar-refractivity contribution in [3.8, 4) is 5.75 Å². The number of para-hydroxylation sites is 1. The third-order valence-electron chi connectivity index (χ3n) is 6.38. The molecular formula is C24H28F3N3O4S. The molecule has 35 heavy (non-hydrogen) atoms. The molecule has 2 atom stereocenters. The first-order chi connectivity index (χ1) is 16.7. The molecule has 2 heterocycles. The molecule has 2 N–H and O–H groups in total. The lowest BCUT2D eigenvalue weighted by Gasteiger charge is -2.36. The predicted molar refractivity (Wildman–Crippen MR) is 124 cm³/mol. The standard InChI is InChI=1S/C24H28F3N3O4S/c25-24(26,27)34-20-7-2-1-4-16(20)14-28-22(32)21-9-8-17(35-21)15-29-10-12-30(13-11-29)23(33)18-5-3-6-19(18)31/h1-2,4,7-9,18-19,31H,3,5-6,10-15H2,(H,28,32)/t18-,19+/m1/s1. The Labute approximate surface area is 205 Å². The molecule has 0 spiro atoms. The van der Waals surface area contributed by atoms with Crippen LogP contribution in [-0.4, -0.2) is 65.4 Å². The summed E-state index contributed by atoms with van der Waals surface area (Å²) in [6.07, 6.45) is -3.00. The number of rotatable bonds is 7. The van der Waals surface area contributed by atoms with Gasteiger partial charge in [0.05, 0.1) is 16.9 Å². The number of amides is 2. The molecule has 11 heteroatoms. The van der Waals surface area contributed by atoms with Crippen molar-refractivity contribution in [2.24, 2.45) is 5.92 Å². The van der Waals surface area contributed by atoms with E-state index < -0.39 is 12.5 Å². The molecule has 1 saturated carbocycles. The molecule has 0 radical (unpaired) electrons. The molecule has 7 nitrogen and oxygen atoms in total. The second-order valence-corrected chi connectivity index (χ2v) is 9.98. The number of ether oxygens (including phenoxy) is 1. The SMILES string of the molecule is O=C(NCc1ccccc1OC(F)(F)F)c1ccc(CN2CCN(C(=O)[C@@H]3CCC[C@@H]3O)CC2)s1. The maximum atomic E-state index is 12.6. The monoisotopic (exact) mass is 511 g/mol. The number of aliphatic hydroxyl groups excluding tert-OH is 1. The van der Waals surface area contributed by atoms with Crippen molar-refractivity contribution in [2.45, 2.75) is 44.8 Å². The zero-order chi connectivity index (χ0) is 25.0. The number of piperazine rings is 1. The second kappa shape index (κ2) is 11.0. The lowest BCUT2D eigenvalue weighted by atomic mass is 10.0. The number of aliphatic hydroxyl groups is 1. The zero-order valence-corrected chi connectivity index (χ0v) is 19.9. The Morgan fingerprint density at radius 2 is 1.83 bits per heavy atom. The van der Waals surface area contributed by atoms with Crippen LogP contribution in [0.15, 0.2) is 36.4 Å². The van der Waals surface area contributed by atoms with Gasteiger partial charge in [0.15, 0.2) is 0 Å². The number of hydrogen-bond donors (Lipinski definition) is 2. The number of nitrogens with zero attached hydrogens (tertiary/aromatic N) is 2. The fourth-order valence-corrected chi connectivity index (χ4v) is 5.50. The van der Waals surface area contributed by atoms with E-state index in [1.165, 1.54) is 29.5 Å². The van der Waals surface area contributed by atoms with Crippen LogP contribution in [0.2, 0.25) is 0 Å². The first-order valence-electron chi connectivity index (χ1n) is 11.6. The third-order valence-corrected chi connectivity index (χ3v) is 7.45. The Morgan fingerprint density at radius 1 is 1.09 bits per heavy atom. The van der Waals surface area contributed by atoms with Crippen LogP contribution in [-0.2, 0) is 17.9 Å². The minimum Gasteiger partial charge on any atom is -0.405 e. The van der Waals surface area contributed by atoms with E-state index in [2.05, 4.69) is 15.0 Å². The summed E-state index contributed by atoms with van der Waals surface area (Å²) in [7, 11) is 0. The number of nitrogens with one attached hydrogen (secondary N) is 1. The van der Waals surface area contributed by atoms with Gasteiger partial charge in [-0.15, -0.1) is 24.5 Å². The van der Waals surface area contributed by atoms with Crippen molar-refractivity contribution in [2.75, 3.05) is 26.2 Å². The number of alkyl halides is 3. The number of halogens is 3. The lowest BCUT2D eigenvalue weighted by molar-refractivity contribution is -0.274. The maximum absolute atomic E-state index is 12.6. The zero-order valence-electron chi connectivity index (χ0n) is 19.1. The summed E-state index contributed by atoms with van der Waals surface area (Å²) in [5.74, 6) is -0.931. The van der Waals surface area contributed by atoms with Gasteiger partial charge in [-0.3, -0.25) is 14.5 Å². The number of carbonyl (C=O) groups excluding carboxylic acids is 2. The van der Waals surface area contributed by atoms with E-state index >= 15 is 0 Å².